The fourth-order valence-corrected chi connectivity index (χ4v) is 1.47. The third-order valence-electron chi connectivity index (χ3n) is 2.16. The van der Waals surface area contributed by atoms with Crippen molar-refractivity contribution in [1.82, 2.24) is 0 Å². The molecular weight excluding hydrogens is 178 g/mol. The molecule has 0 amide bonds. The molecule has 0 spiro atoms. The molecule has 0 radical (unpaired) electrons. The lowest BCUT2D eigenvalue weighted by molar-refractivity contribution is -0.135. The van der Waals surface area contributed by atoms with Crippen LogP contribution in [0.15, 0.2) is 24.3 Å². The Labute approximate surface area is 84.0 Å². The molecule has 1 aromatic carbocycles. The Hall–Kier alpha value is -1.51. The fourth-order valence-electron chi connectivity index (χ4n) is 1.47. The maximum Gasteiger partial charge on any atom is 0.323 e. The zero-order valence-corrected chi connectivity index (χ0v) is 8.53. The quantitative estimate of drug-likeness (QED) is 0.792. The molecule has 0 bridgehead atoms. The predicted octanol–water partition coefficient (Wildman–Crippen LogP) is 1.77. The van der Waals surface area contributed by atoms with Crippen molar-refractivity contribution in [3.8, 4) is 0 Å². The van der Waals surface area contributed by atoms with Gasteiger partial charge in [-0.05, 0) is 18.1 Å². The van der Waals surface area contributed by atoms with Gasteiger partial charge in [-0.15, -0.1) is 0 Å². The largest absolute Gasteiger partial charge is 0.480 e. The predicted molar refractivity (Wildman–Crippen MR) is 56.7 cm³/mol. The second-order valence-corrected chi connectivity index (χ2v) is 3.23. The maximum atomic E-state index is 10.5. The molecule has 0 aliphatic rings. The summed E-state index contributed by atoms with van der Waals surface area (Å²) >= 11 is 0. The van der Waals surface area contributed by atoms with Crippen LogP contribution in [-0.4, -0.2) is 24.7 Å². The first-order valence-electron chi connectivity index (χ1n) is 4.66. The van der Waals surface area contributed by atoms with Crippen molar-refractivity contribution in [1.29, 1.82) is 0 Å². The van der Waals surface area contributed by atoms with E-state index in [1.54, 1.807) is 11.9 Å². The number of anilines is 1. The Morgan fingerprint density at radius 3 is 2.64 bits per heavy atom. The van der Waals surface area contributed by atoms with E-state index >= 15 is 0 Å². The Kier molecular flexibility index (Phi) is 3.51. The summed E-state index contributed by atoms with van der Waals surface area (Å²) < 4.78 is 0. The van der Waals surface area contributed by atoms with Crippen molar-refractivity contribution in [3.63, 3.8) is 0 Å². The van der Waals surface area contributed by atoms with E-state index in [4.69, 9.17) is 5.11 Å². The molecule has 1 rings (SSSR count). The molecule has 14 heavy (non-hydrogen) atoms. The number of benzene rings is 1. The van der Waals surface area contributed by atoms with E-state index in [0.717, 1.165) is 12.1 Å². The minimum atomic E-state index is -0.807. The molecule has 0 aromatic heterocycles. The van der Waals surface area contributed by atoms with Gasteiger partial charge >= 0.3 is 5.97 Å². The second kappa shape index (κ2) is 4.65. The number of carboxylic acids is 1. The molecule has 76 valence electrons. The Balaban J connectivity index is 2.87. The number of nitrogens with zero attached hydrogens (tertiary/aromatic N) is 1. The zero-order valence-electron chi connectivity index (χ0n) is 8.53. The van der Waals surface area contributed by atoms with Gasteiger partial charge in [-0.1, -0.05) is 25.1 Å². The first kappa shape index (κ1) is 10.6. The van der Waals surface area contributed by atoms with Crippen molar-refractivity contribution < 1.29 is 9.90 Å². The molecule has 1 N–H and O–H groups in total. The number of hydrogen-bond acceptors (Lipinski definition) is 2. The smallest absolute Gasteiger partial charge is 0.323 e. The average molecular weight is 193 g/mol. The summed E-state index contributed by atoms with van der Waals surface area (Å²) in [7, 11) is 1.79. The number of aryl methyl sites for hydroxylation is 1. The topological polar surface area (TPSA) is 40.5 Å². The van der Waals surface area contributed by atoms with Crippen LogP contribution in [0.5, 0.6) is 0 Å². The van der Waals surface area contributed by atoms with E-state index in [-0.39, 0.29) is 6.54 Å². The van der Waals surface area contributed by atoms with Crippen LogP contribution in [0.3, 0.4) is 0 Å². The third kappa shape index (κ3) is 2.49. The highest BCUT2D eigenvalue weighted by Gasteiger charge is 2.08. The van der Waals surface area contributed by atoms with Crippen LogP contribution in [0, 0.1) is 0 Å². The maximum absolute atomic E-state index is 10.5. The van der Waals surface area contributed by atoms with E-state index in [1.807, 2.05) is 24.3 Å². The van der Waals surface area contributed by atoms with E-state index in [9.17, 15) is 4.79 Å². The van der Waals surface area contributed by atoms with E-state index in [2.05, 4.69) is 6.92 Å². The first-order valence-corrected chi connectivity index (χ1v) is 4.66. The lowest BCUT2D eigenvalue weighted by atomic mass is 10.1. The van der Waals surface area contributed by atoms with Crippen molar-refractivity contribution in [2.75, 3.05) is 18.5 Å². The molecule has 0 heterocycles. The molecular formula is C11H15NO2. The van der Waals surface area contributed by atoms with Crippen LogP contribution in [0.1, 0.15) is 12.5 Å². The Morgan fingerprint density at radius 2 is 2.07 bits per heavy atom. The molecule has 0 fully saturated rings. The van der Waals surface area contributed by atoms with Gasteiger partial charge in [0.25, 0.3) is 0 Å². The standard InChI is InChI=1S/C11H15NO2/c1-3-9-6-4-5-7-10(9)12(2)8-11(13)14/h4-7H,3,8H2,1-2H3,(H,13,14). The lowest BCUT2D eigenvalue weighted by Gasteiger charge is -2.19. The SMILES string of the molecule is CCc1ccccc1N(C)CC(=O)O. The second-order valence-electron chi connectivity index (χ2n) is 3.23. The van der Waals surface area contributed by atoms with Crippen LogP contribution in [0.4, 0.5) is 5.69 Å². The molecule has 0 atom stereocenters. The molecule has 0 saturated heterocycles. The van der Waals surface area contributed by atoms with E-state index in [0.29, 0.717) is 0 Å². The van der Waals surface area contributed by atoms with Gasteiger partial charge in [0.2, 0.25) is 0 Å². The Morgan fingerprint density at radius 1 is 1.43 bits per heavy atom. The van der Waals surface area contributed by atoms with Crippen molar-refractivity contribution in [3.05, 3.63) is 29.8 Å². The summed E-state index contributed by atoms with van der Waals surface area (Å²) in [6.45, 7) is 2.10. The van der Waals surface area contributed by atoms with Gasteiger partial charge in [0.15, 0.2) is 0 Å². The average Bonchev–Trinajstić information content (AvgIpc) is 2.16. The Bertz CT molecular complexity index is 323. The highest BCUT2D eigenvalue weighted by Crippen LogP contribution is 2.18. The number of hydrogen-bond donors (Lipinski definition) is 1. The van der Waals surface area contributed by atoms with Crippen LogP contribution in [-0.2, 0) is 11.2 Å². The monoisotopic (exact) mass is 193 g/mol. The molecule has 0 aliphatic heterocycles. The summed E-state index contributed by atoms with van der Waals surface area (Å²) in [5.41, 5.74) is 2.17. The van der Waals surface area contributed by atoms with Gasteiger partial charge in [0, 0.05) is 12.7 Å². The number of carboxylic acid groups (broad SMARTS) is 1. The summed E-state index contributed by atoms with van der Waals surface area (Å²) in [5, 5.41) is 8.67. The molecule has 0 saturated carbocycles. The van der Waals surface area contributed by atoms with Crippen LogP contribution in [0.25, 0.3) is 0 Å². The number of carbonyl (C=O) groups is 1. The summed E-state index contributed by atoms with van der Waals surface area (Å²) in [5.74, 6) is -0.807. The van der Waals surface area contributed by atoms with Gasteiger partial charge in [-0.3, -0.25) is 4.79 Å². The minimum absolute atomic E-state index is 0.0387. The van der Waals surface area contributed by atoms with Crippen LogP contribution >= 0.6 is 0 Å². The van der Waals surface area contributed by atoms with Gasteiger partial charge in [-0.25, -0.2) is 0 Å². The van der Waals surface area contributed by atoms with Gasteiger partial charge in [0.05, 0.1) is 0 Å². The van der Waals surface area contributed by atoms with Crippen LogP contribution in [0.2, 0.25) is 0 Å². The van der Waals surface area contributed by atoms with Gasteiger partial charge < -0.3 is 10.0 Å². The summed E-state index contributed by atoms with van der Waals surface area (Å²) in [6.07, 6.45) is 0.917. The molecule has 1 aromatic rings. The van der Waals surface area contributed by atoms with Crippen molar-refractivity contribution in [2.24, 2.45) is 0 Å². The fraction of sp³-hybridized carbons (Fsp3) is 0.364. The van der Waals surface area contributed by atoms with Crippen molar-refractivity contribution >= 4 is 11.7 Å². The number of likely N-dealkylation sites (N-methyl/N-ethyl adjacent to an activating group) is 1. The first-order chi connectivity index (χ1) is 6.65. The van der Waals surface area contributed by atoms with Gasteiger partial charge in [-0.2, -0.15) is 0 Å². The number of aliphatic carboxylic acids is 1. The molecule has 3 nitrogen and oxygen atoms in total. The molecule has 0 aliphatic carbocycles. The molecule has 3 heteroatoms. The normalized spacial score (nSPS) is 9.86. The number of rotatable bonds is 4. The summed E-state index contributed by atoms with van der Waals surface area (Å²) in [4.78, 5) is 12.3. The zero-order chi connectivity index (χ0) is 10.6. The van der Waals surface area contributed by atoms with E-state index in [1.165, 1.54) is 5.56 Å². The summed E-state index contributed by atoms with van der Waals surface area (Å²) in [6, 6.07) is 7.86. The van der Waals surface area contributed by atoms with Gasteiger partial charge in [0.1, 0.15) is 6.54 Å². The van der Waals surface area contributed by atoms with E-state index < -0.39 is 5.97 Å². The lowest BCUT2D eigenvalue weighted by Crippen LogP contribution is -2.25. The van der Waals surface area contributed by atoms with Crippen LogP contribution < -0.4 is 4.90 Å². The molecule has 0 unspecified atom stereocenters. The highest BCUT2D eigenvalue weighted by atomic mass is 16.4. The number of para-hydroxylation sites is 1. The third-order valence-corrected chi connectivity index (χ3v) is 2.16. The van der Waals surface area contributed by atoms with Crippen molar-refractivity contribution in [2.45, 2.75) is 13.3 Å². The minimum Gasteiger partial charge on any atom is -0.480 e. The highest BCUT2D eigenvalue weighted by molar-refractivity contribution is 5.74.